The summed E-state index contributed by atoms with van der Waals surface area (Å²) < 4.78 is 0. The zero-order valence-electron chi connectivity index (χ0n) is 12.5. The molecule has 0 aliphatic rings. The van der Waals surface area contributed by atoms with Gasteiger partial charge in [-0.15, -0.1) is 0 Å². The number of hydrogen-bond acceptors (Lipinski definition) is 3. The van der Waals surface area contributed by atoms with Crippen LogP contribution in [0.3, 0.4) is 0 Å². The van der Waals surface area contributed by atoms with Gasteiger partial charge >= 0.3 is 0 Å². The maximum atomic E-state index is 12.1. The van der Waals surface area contributed by atoms with Crippen molar-refractivity contribution in [3.05, 3.63) is 29.8 Å². The molecule has 0 spiro atoms. The summed E-state index contributed by atoms with van der Waals surface area (Å²) in [6.07, 6.45) is 0.491. The van der Waals surface area contributed by atoms with E-state index >= 15 is 0 Å². The summed E-state index contributed by atoms with van der Waals surface area (Å²) in [5.74, 6) is -0.858. The number of nitrogens with two attached hydrogens (primary N) is 1. The molecule has 6 heteroatoms. The first-order valence-electron chi connectivity index (χ1n) is 6.77. The molecule has 4 N–H and O–H groups in total. The van der Waals surface area contributed by atoms with Gasteiger partial charge in [0.15, 0.2) is 0 Å². The molecule has 1 aromatic carbocycles. The molecule has 1 rings (SSSR count). The average Bonchev–Trinajstić information content (AvgIpc) is 2.37. The fourth-order valence-electron chi connectivity index (χ4n) is 1.87. The Morgan fingerprint density at radius 2 is 1.71 bits per heavy atom. The van der Waals surface area contributed by atoms with Gasteiger partial charge in [0, 0.05) is 18.2 Å². The quantitative estimate of drug-likeness (QED) is 0.735. The van der Waals surface area contributed by atoms with Crippen LogP contribution in [0.25, 0.3) is 0 Å². The van der Waals surface area contributed by atoms with Gasteiger partial charge in [0.2, 0.25) is 11.8 Å². The lowest BCUT2D eigenvalue weighted by molar-refractivity contribution is -0.120. The van der Waals surface area contributed by atoms with Gasteiger partial charge < -0.3 is 16.4 Å². The third-order valence-corrected chi connectivity index (χ3v) is 2.82. The molecule has 1 atom stereocenters. The minimum absolute atomic E-state index is 0.182. The van der Waals surface area contributed by atoms with Crippen LogP contribution in [-0.2, 0) is 9.59 Å². The van der Waals surface area contributed by atoms with Crippen molar-refractivity contribution in [3.8, 4) is 0 Å². The summed E-state index contributed by atoms with van der Waals surface area (Å²) in [6, 6.07) is 5.71. The Balaban J connectivity index is 2.73. The van der Waals surface area contributed by atoms with Crippen molar-refractivity contribution in [1.29, 1.82) is 0 Å². The predicted octanol–water partition coefficient (Wildman–Crippen LogP) is 1.27. The first-order chi connectivity index (χ1) is 9.79. The summed E-state index contributed by atoms with van der Waals surface area (Å²) in [5.41, 5.74) is 6.30. The van der Waals surface area contributed by atoms with Gasteiger partial charge in [-0.2, -0.15) is 0 Å². The summed E-state index contributed by atoms with van der Waals surface area (Å²) in [7, 11) is 0. The highest BCUT2D eigenvalue weighted by atomic mass is 16.2. The molecule has 0 saturated carbocycles. The highest BCUT2D eigenvalue weighted by molar-refractivity contribution is 5.98. The molecule has 1 aromatic rings. The molecular formula is C15H21N3O3. The summed E-state index contributed by atoms with van der Waals surface area (Å²) in [4.78, 5) is 34.3. The smallest absolute Gasteiger partial charge is 0.251 e. The lowest BCUT2D eigenvalue weighted by Gasteiger charge is -2.17. The summed E-state index contributed by atoms with van der Waals surface area (Å²) in [6.45, 7) is 5.30. The number of nitrogens with one attached hydrogen (secondary N) is 2. The average molecular weight is 291 g/mol. The topological polar surface area (TPSA) is 101 Å². The van der Waals surface area contributed by atoms with Crippen molar-refractivity contribution >= 4 is 23.4 Å². The molecule has 3 amide bonds. The highest BCUT2D eigenvalue weighted by Gasteiger charge is 2.19. The lowest BCUT2D eigenvalue weighted by Crippen LogP contribution is -2.45. The number of carbonyl (C=O) groups is 3. The Labute approximate surface area is 124 Å². The van der Waals surface area contributed by atoms with E-state index in [2.05, 4.69) is 10.6 Å². The van der Waals surface area contributed by atoms with Crippen LogP contribution < -0.4 is 16.4 Å². The Kier molecular flexibility index (Phi) is 5.90. The molecule has 114 valence electrons. The molecule has 0 radical (unpaired) electrons. The van der Waals surface area contributed by atoms with Crippen LogP contribution in [0.4, 0.5) is 5.69 Å². The van der Waals surface area contributed by atoms with E-state index in [9.17, 15) is 14.4 Å². The number of primary amides is 1. The van der Waals surface area contributed by atoms with Crippen molar-refractivity contribution in [2.45, 2.75) is 33.2 Å². The minimum atomic E-state index is -0.687. The number of rotatable bonds is 6. The zero-order valence-corrected chi connectivity index (χ0v) is 12.5. The van der Waals surface area contributed by atoms with Gasteiger partial charge in [0.25, 0.3) is 5.91 Å². The van der Waals surface area contributed by atoms with E-state index in [4.69, 9.17) is 5.73 Å². The summed E-state index contributed by atoms with van der Waals surface area (Å²) >= 11 is 0. The van der Waals surface area contributed by atoms with Crippen molar-refractivity contribution in [1.82, 2.24) is 5.32 Å². The van der Waals surface area contributed by atoms with Gasteiger partial charge in [0.05, 0.1) is 0 Å². The van der Waals surface area contributed by atoms with Crippen LogP contribution in [0.15, 0.2) is 24.3 Å². The number of hydrogen-bond donors (Lipinski definition) is 3. The molecule has 0 aliphatic carbocycles. The number of benzene rings is 1. The van der Waals surface area contributed by atoms with E-state index in [0.717, 1.165) is 0 Å². The molecule has 0 aromatic heterocycles. The Morgan fingerprint density at radius 3 is 2.14 bits per heavy atom. The first-order valence-corrected chi connectivity index (χ1v) is 6.77. The normalized spacial score (nSPS) is 11.8. The predicted molar refractivity (Wildman–Crippen MR) is 80.6 cm³/mol. The fourth-order valence-corrected chi connectivity index (χ4v) is 1.87. The lowest BCUT2D eigenvalue weighted by atomic mass is 10.0. The van der Waals surface area contributed by atoms with Gasteiger partial charge in [0.1, 0.15) is 6.04 Å². The van der Waals surface area contributed by atoms with Crippen molar-refractivity contribution in [2.75, 3.05) is 5.32 Å². The first kappa shape index (κ1) is 16.7. The molecule has 0 aliphatic heterocycles. The minimum Gasteiger partial charge on any atom is -0.368 e. The van der Waals surface area contributed by atoms with E-state index < -0.39 is 11.9 Å². The van der Waals surface area contributed by atoms with Crippen molar-refractivity contribution < 1.29 is 14.4 Å². The zero-order chi connectivity index (χ0) is 16.0. The molecule has 21 heavy (non-hydrogen) atoms. The van der Waals surface area contributed by atoms with Gasteiger partial charge in [-0.1, -0.05) is 13.8 Å². The second-order valence-corrected chi connectivity index (χ2v) is 5.32. The molecule has 6 nitrogen and oxygen atoms in total. The van der Waals surface area contributed by atoms with Crippen LogP contribution in [-0.4, -0.2) is 23.8 Å². The second-order valence-electron chi connectivity index (χ2n) is 5.32. The highest BCUT2D eigenvalue weighted by Crippen LogP contribution is 2.11. The van der Waals surface area contributed by atoms with Crippen LogP contribution >= 0.6 is 0 Å². The fraction of sp³-hybridized carbons (Fsp3) is 0.400. The van der Waals surface area contributed by atoms with Gasteiger partial charge in [-0.3, -0.25) is 14.4 Å². The monoisotopic (exact) mass is 291 g/mol. The SMILES string of the molecule is CC(=O)Nc1ccc(C(=O)N[C@H](CC(C)C)C(N)=O)cc1. The van der Waals surface area contributed by atoms with Crippen LogP contribution in [0.5, 0.6) is 0 Å². The van der Waals surface area contributed by atoms with Crippen LogP contribution in [0.2, 0.25) is 0 Å². The Morgan fingerprint density at radius 1 is 1.14 bits per heavy atom. The number of carbonyl (C=O) groups excluding carboxylic acids is 3. The molecule has 0 bridgehead atoms. The molecular weight excluding hydrogens is 270 g/mol. The van der Waals surface area contributed by atoms with Crippen molar-refractivity contribution in [2.24, 2.45) is 11.7 Å². The van der Waals surface area contributed by atoms with Crippen LogP contribution in [0, 0.1) is 5.92 Å². The van der Waals surface area contributed by atoms with Gasteiger partial charge in [-0.05, 0) is 36.6 Å². The van der Waals surface area contributed by atoms with Crippen molar-refractivity contribution in [3.63, 3.8) is 0 Å². The molecule has 0 fully saturated rings. The molecule has 0 heterocycles. The maximum absolute atomic E-state index is 12.1. The van der Waals surface area contributed by atoms with Gasteiger partial charge in [-0.25, -0.2) is 0 Å². The van der Waals surface area contributed by atoms with E-state index in [1.54, 1.807) is 24.3 Å². The largest absolute Gasteiger partial charge is 0.368 e. The van der Waals surface area contributed by atoms with Crippen LogP contribution in [0.1, 0.15) is 37.6 Å². The number of amides is 3. The second kappa shape index (κ2) is 7.42. The standard InChI is InChI=1S/C15H21N3O3/c1-9(2)8-13(14(16)20)18-15(21)11-4-6-12(7-5-11)17-10(3)19/h4-7,9,13H,8H2,1-3H3,(H2,16,20)(H,17,19)(H,18,21)/t13-/m1/s1. The third-order valence-electron chi connectivity index (χ3n) is 2.82. The third kappa shape index (κ3) is 5.64. The Bertz CT molecular complexity index is 523. The van der Waals surface area contributed by atoms with E-state index in [0.29, 0.717) is 17.7 Å². The number of anilines is 1. The van der Waals surface area contributed by atoms with E-state index in [-0.39, 0.29) is 17.7 Å². The summed E-state index contributed by atoms with van der Waals surface area (Å²) in [5, 5.41) is 5.23. The molecule has 0 unspecified atom stereocenters. The van der Waals surface area contributed by atoms with E-state index in [1.807, 2.05) is 13.8 Å². The maximum Gasteiger partial charge on any atom is 0.251 e. The molecule has 0 saturated heterocycles. The Hall–Kier alpha value is -2.37. The van der Waals surface area contributed by atoms with E-state index in [1.165, 1.54) is 6.92 Å².